The Morgan fingerprint density at radius 1 is 1.23 bits per heavy atom. The van der Waals surface area contributed by atoms with Gasteiger partial charge in [0.05, 0.1) is 31.7 Å². The summed E-state index contributed by atoms with van der Waals surface area (Å²) in [5, 5.41) is 9.48. The smallest absolute Gasteiger partial charge is 0.309 e. The van der Waals surface area contributed by atoms with Crippen molar-refractivity contribution in [2.45, 2.75) is 37.9 Å². The Labute approximate surface area is 129 Å². The molecule has 22 heavy (non-hydrogen) atoms. The first-order chi connectivity index (χ1) is 10.6. The molecular weight excluding hydrogens is 284 g/mol. The Kier molecular flexibility index (Phi) is 4.16. The largest absolute Gasteiger partial charge is 0.481 e. The normalized spacial score (nSPS) is 29.5. The molecule has 2 aliphatic rings. The lowest BCUT2D eigenvalue weighted by atomic mass is 9.75. The van der Waals surface area contributed by atoms with Gasteiger partial charge in [0.1, 0.15) is 0 Å². The molecule has 0 aromatic heterocycles. The zero-order valence-corrected chi connectivity index (χ0v) is 12.5. The minimum atomic E-state index is -0.775. The lowest BCUT2D eigenvalue weighted by molar-refractivity contribution is -0.145. The third kappa shape index (κ3) is 2.73. The number of aliphatic carboxylic acids is 1. The van der Waals surface area contributed by atoms with Gasteiger partial charge < -0.3 is 14.6 Å². The number of ether oxygens (including phenoxy) is 2. The molecule has 4 atom stereocenters. The summed E-state index contributed by atoms with van der Waals surface area (Å²) in [7, 11) is 1.37. The number of carboxylic acids is 1. The Bertz CT molecular complexity index is 582. The van der Waals surface area contributed by atoms with Gasteiger partial charge in [-0.05, 0) is 30.4 Å². The first kappa shape index (κ1) is 15.0. The molecule has 1 aromatic rings. The van der Waals surface area contributed by atoms with Crippen LogP contribution in [0.15, 0.2) is 24.3 Å². The summed E-state index contributed by atoms with van der Waals surface area (Å²) in [6.45, 7) is 0. The number of carbonyl (C=O) groups is 2. The van der Waals surface area contributed by atoms with Crippen LogP contribution in [0.3, 0.4) is 0 Å². The number of hydrogen-bond acceptors (Lipinski definition) is 4. The van der Waals surface area contributed by atoms with Gasteiger partial charge in [0.15, 0.2) is 0 Å². The summed E-state index contributed by atoms with van der Waals surface area (Å²) in [6.07, 6.45) is 2.48. The maximum absolute atomic E-state index is 11.5. The first-order valence-corrected chi connectivity index (χ1v) is 7.62. The lowest BCUT2D eigenvalue weighted by Crippen LogP contribution is -2.34. The standard InChI is InChI=1S/C17H20O5/c1-21-15(18)9-11-5-3-2-4-10(11)8-12-13-6-7-14(22-13)16(12)17(19)20/h2-5,12-14,16H,6-9H2,1H3,(H,19,20)/t12-,13-,14+,16-/m0/s1. The topological polar surface area (TPSA) is 72.8 Å². The molecular formula is C17H20O5. The van der Waals surface area contributed by atoms with Gasteiger partial charge in [-0.2, -0.15) is 0 Å². The van der Waals surface area contributed by atoms with Crippen LogP contribution in [0.1, 0.15) is 24.0 Å². The average Bonchev–Trinajstić information content (AvgIpc) is 3.10. The summed E-state index contributed by atoms with van der Waals surface area (Å²) in [6, 6.07) is 7.66. The predicted octanol–water partition coefficient (Wildman–Crippen LogP) is 1.82. The van der Waals surface area contributed by atoms with Gasteiger partial charge in [-0.15, -0.1) is 0 Å². The summed E-state index contributed by atoms with van der Waals surface area (Å²) in [5.74, 6) is -1.52. The van der Waals surface area contributed by atoms with Crippen LogP contribution in [0.2, 0.25) is 0 Å². The molecule has 2 saturated heterocycles. The molecule has 1 aromatic carbocycles. The van der Waals surface area contributed by atoms with E-state index in [0.717, 1.165) is 24.0 Å². The summed E-state index contributed by atoms with van der Waals surface area (Å²) >= 11 is 0. The second kappa shape index (κ2) is 6.08. The second-order valence-corrected chi connectivity index (χ2v) is 6.04. The van der Waals surface area contributed by atoms with Crippen molar-refractivity contribution >= 4 is 11.9 Å². The average molecular weight is 304 g/mol. The van der Waals surface area contributed by atoms with Crippen LogP contribution in [0.4, 0.5) is 0 Å². The Morgan fingerprint density at radius 3 is 2.59 bits per heavy atom. The maximum Gasteiger partial charge on any atom is 0.309 e. The fourth-order valence-corrected chi connectivity index (χ4v) is 3.79. The lowest BCUT2D eigenvalue weighted by Gasteiger charge is -2.25. The fourth-order valence-electron chi connectivity index (χ4n) is 3.79. The van der Waals surface area contributed by atoms with Crippen LogP contribution in [-0.2, 0) is 31.9 Å². The van der Waals surface area contributed by atoms with Crippen LogP contribution in [-0.4, -0.2) is 36.4 Å². The molecule has 0 unspecified atom stereocenters. The monoisotopic (exact) mass is 304 g/mol. The van der Waals surface area contributed by atoms with Gasteiger partial charge in [-0.3, -0.25) is 9.59 Å². The van der Waals surface area contributed by atoms with Crippen molar-refractivity contribution in [3.63, 3.8) is 0 Å². The van der Waals surface area contributed by atoms with Gasteiger partial charge in [-0.25, -0.2) is 0 Å². The van der Waals surface area contributed by atoms with Gasteiger partial charge in [0.25, 0.3) is 0 Å². The third-order valence-electron chi connectivity index (χ3n) is 4.85. The molecule has 1 N–H and O–H groups in total. The molecule has 0 radical (unpaired) electrons. The molecule has 0 amide bonds. The molecule has 0 aliphatic carbocycles. The third-order valence-corrected chi connectivity index (χ3v) is 4.85. The van der Waals surface area contributed by atoms with Crippen molar-refractivity contribution in [3.05, 3.63) is 35.4 Å². The molecule has 5 heteroatoms. The predicted molar refractivity (Wildman–Crippen MR) is 78.4 cm³/mol. The first-order valence-electron chi connectivity index (χ1n) is 7.62. The molecule has 0 saturated carbocycles. The fraction of sp³-hybridized carbons (Fsp3) is 0.529. The van der Waals surface area contributed by atoms with Crippen LogP contribution >= 0.6 is 0 Å². The van der Waals surface area contributed by atoms with Crippen LogP contribution < -0.4 is 0 Å². The minimum Gasteiger partial charge on any atom is -0.481 e. The molecule has 2 aliphatic heterocycles. The van der Waals surface area contributed by atoms with Crippen LogP contribution in [0, 0.1) is 11.8 Å². The van der Waals surface area contributed by atoms with E-state index in [1.54, 1.807) is 0 Å². The van der Waals surface area contributed by atoms with E-state index in [-0.39, 0.29) is 30.5 Å². The number of esters is 1. The highest BCUT2D eigenvalue weighted by Gasteiger charge is 2.52. The van der Waals surface area contributed by atoms with E-state index >= 15 is 0 Å². The van der Waals surface area contributed by atoms with Crippen molar-refractivity contribution < 1.29 is 24.2 Å². The van der Waals surface area contributed by atoms with Crippen molar-refractivity contribution in [2.24, 2.45) is 11.8 Å². The van der Waals surface area contributed by atoms with E-state index in [4.69, 9.17) is 9.47 Å². The van der Waals surface area contributed by atoms with Gasteiger partial charge in [0, 0.05) is 5.92 Å². The molecule has 118 valence electrons. The van der Waals surface area contributed by atoms with E-state index in [2.05, 4.69) is 0 Å². The van der Waals surface area contributed by atoms with Gasteiger partial charge in [-0.1, -0.05) is 24.3 Å². The van der Waals surface area contributed by atoms with Crippen LogP contribution in [0.5, 0.6) is 0 Å². The van der Waals surface area contributed by atoms with E-state index in [9.17, 15) is 14.7 Å². The van der Waals surface area contributed by atoms with E-state index in [1.807, 2.05) is 24.3 Å². The minimum absolute atomic E-state index is 0.0185. The number of methoxy groups -OCH3 is 1. The zero-order valence-electron chi connectivity index (χ0n) is 12.5. The Hall–Kier alpha value is -1.88. The number of fused-ring (bicyclic) bond motifs is 2. The maximum atomic E-state index is 11.5. The quantitative estimate of drug-likeness (QED) is 0.840. The Balaban J connectivity index is 1.81. The highest BCUT2D eigenvalue weighted by atomic mass is 16.5. The van der Waals surface area contributed by atoms with E-state index in [1.165, 1.54) is 7.11 Å². The van der Waals surface area contributed by atoms with Crippen molar-refractivity contribution in [2.75, 3.05) is 7.11 Å². The molecule has 2 bridgehead atoms. The summed E-state index contributed by atoms with van der Waals surface area (Å²) < 4.78 is 10.5. The molecule has 3 rings (SSSR count). The Morgan fingerprint density at radius 2 is 1.91 bits per heavy atom. The van der Waals surface area contributed by atoms with Crippen molar-refractivity contribution in [3.8, 4) is 0 Å². The highest BCUT2D eigenvalue weighted by Crippen LogP contribution is 2.45. The van der Waals surface area contributed by atoms with Crippen LogP contribution in [0.25, 0.3) is 0 Å². The number of carbonyl (C=O) groups excluding carboxylic acids is 1. The second-order valence-electron chi connectivity index (χ2n) is 6.04. The number of benzene rings is 1. The summed E-state index contributed by atoms with van der Waals surface area (Å²) in [4.78, 5) is 23.1. The summed E-state index contributed by atoms with van der Waals surface area (Å²) in [5.41, 5.74) is 1.92. The van der Waals surface area contributed by atoms with Crippen molar-refractivity contribution in [1.29, 1.82) is 0 Å². The van der Waals surface area contributed by atoms with Crippen molar-refractivity contribution in [1.82, 2.24) is 0 Å². The SMILES string of the molecule is COC(=O)Cc1ccccc1C[C@@H]1[C@H](C(=O)O)[C@H]2CC[C@@H]1O2. The van der Waals surface area contributed by atoms with Gasteiger partial charge in [0.2, 0.25) is 0 Å². The highest BCUT2D eigenvalue weighted by molar-refractivity contribution is 5.73. The zero-order chi connectivity index (χ0) is 15.7. The van der Waals surface area contributed by atoms with Gasteiger partial charge >= 0.3 is 11.9 Å². The molecule has 2 heterocycles. The van der Waals surface area contributed by atoms with E-state index in [0.29, 0.717) is 6.42 Å². The number of hydrogen-bond donors (Lipinski definition) is 1. The van der Waals surface area contributed by atoms with E-state index < -0.39 is 11.9 Å². The molecule has 0 spiro atoms. The number of rotatable bonds is 5. The molecule has 5 nitrogen and oxygen atoms in total. The number of carboxylic acid groups (broad SMARTS) is 1. The molecule has 2 fully saturated rings.